The van der Waals surface area contributed by atoms with Gasteiger partial charge in [0.2, 0.25) is 0 Å². The Morgan fingerprint density at radius 1 is 0.903 bits per heavy atom. The molecule has 0 fully saturated rings. The highest BCUT2D eigenvalue weighted by Gasteiger charge is 2.39. The fourth-order valence-electron chi connectivity index (χ4n) is 3.46. The average Bonchev–Trinajstić information content (AvgIpc) is 3.00. The SMILES string of the molecule is Cc1ccc(C2=C(Nc3ccc(N(C)C)cc3)C(=O)N(Cc3ccccn3)C2=O)cc1. The number of benzene rings is 2. The smallest absolute Gasteiger partial charge is 0.278 e. The van der Waals surface area contributed by atoms with Gasteiger partial charge in [0.05, 0.1) is 17.8 Å². The minimum absolute atomic E-state index is 0.124. The molecule has 156 valence electrons. The van der Waals surface area contributed by atoms with Gasteiger partial charge in [0.25, 0.3) is 11.8 Å². The van der Waals surface area contributed by atoms with Crippen molar-refractivity contribution in [2.75, 3.05) is 24.3 Å². The van der Waals surface area contributed by atoms with Crippen molar-refractivity contribution in [3.63, 3.8) is 0 Å². The lowest BCUT2D eigenvalue weighted by Crippen LogP contribution is -2.32. The third kappa shape index (κ3) is 4.19. The number of aryl methyl sites for hydroxylation is 1. The lowest BCUT2D eigenvalue weighted by molar-refractivity contribution is -0.137. The second-order valence-corrected chi connectivity index (χ2v) is 7.70. The van der Waals surface area contributed by atoms with Gasteiger partial charge >= 0.3 is 0 Å². The number of amides is 2. The lowest BCUT2D eigenvalue weighted by atomic mass is 10.0. The molecule has 0 spiro atoms. The zero-order chi connectivity index (χ0) is 22.0. The molecule has 6 heteroatoms. The zero-order valence-electron chi connectivity index (χ0n) is 17.8. The third-order valence-electron chi connectivity index (χ3n) is 5.21. The lowest BCUT2D eigenvalue weighted by Gasteiger charge is -2.15. The quantitative estimate of drug-likeness (QED) is 0.623. The average molecular weight is 412 g/mol. The Hall–Kier alpha value is -3.93. The van der Waals surface area contributed by atoms with Crippen molar-refractivity contribution < 1.29 is 9.59 Å². The molecule has 0 aliphatic carbocycles. The first kappa shape index (κ1) is 20.3. The van der Waals surface area contributed by atoms with Crippen molar-refractivity contribution in [2.45, 2.75) is 13.5 Å². The molecule has 0 radical (unpaired) electrons. The van der Waals surface area contributed by atoms with E-state index in [4.69, 9.17) is 0 Å². The van der Waals surface area contributed by atoms with Gasteiger partial charge in [-0.05, 0) is 48.9 Å². The van der Waals surface area contributed by atoms with Crippen LogP contribution in [-0.4, -0.2) is 35.8 Å². The largest absolute Gasteiger partial charge is 0.378 e. The van der Waals surface area contributed by atoms with E-state index in [1.807, 2.05) is 80.5 Å². The molecule has 0 bridgehead atoms. The molecule has 1 aromatic heterocycles. The molecule has 0 saturated heterocycles. The van der Waals surface area contributed by atoms with E-state index < -0.39 is 0 Å². The van der Waals surface area contributed by atoms with Crippen LogP contribution in [0, 0.1) is 6.92 Å². The highest BCUT2D eigenvalue weighted by molar-refractivity contribution is 6.36. The monoisotopic (exact) mass is 412 g/mol. The summed E-state index contributed by atoms with van der Waals surface area (Å²) in [6, 6.07) is 20.8. The van der Waals surface area contributed by atoms with E-state index in [9.17, 15) is 9.59 Å². The van der Waals surface area contributed by atoms with E-state index in [2.05, 4.69) is 10.3 Å². The Kier molecular flexibility index (Phi) is 5.54. The summed E-state index contributed by atoms with van der Waals surface area (Å²) in [5, 5.41) is 3.19. The molecule has 0 saturated carbocycles. The maximum atomic E-state index is 13.3. The maximum Gasteiger partial charge on any atom is 0.278 e. The van der Waals surface area contributed by atoms with Gasteiger partial charge < -0.3 is 10.2 Å². The van der Waals surface area contributed by atoms with Crippen LogP contribution in [0.15, 0.2) is 78.6 Å². The topological polar surface area (TPSA) is 65.5 Å². The molecule has 3 aromatic rings. The van der Waals surface area contributed by atoms with Crippen molar-refractivity contribution in [3.8, 4) is 0 Å². The first-order chi connectivity index (χ1) is 14.9. The van der Waals surface area contributed by atoms with Gasteiger partial charge in [-0.15, -0.1) is 0 Å². The molecular formula is C25H24N4O2. The van der Waals surface area contributed by atoms with E-state index in [0.717, 1.165) is 16.9 Å². The van der Waals surface area contributed by atoms with Crippen molar-refractivity contribution >= 4 is 28.8 Å². The van der Waals surface area contributed by atoms with E-state index >= 15 is 0 Å². The summed E-state index contributed by atoms with van der Waals surface area (Å²) in [4.78, 5) is 34.1. The van der Waals surface area contributed by atoms with Crippen LogP contribution >= 0.6 is 0 Å². The molecular weight excluding hydrogens is 388 g/mol. The molecule has 2 amide bonds. The Balaban J connectivity index is 1.71. The number of nitrogens with one attached hydrogen (secondary N) is 1. The summed E-state index contributed by atoms with van der Waals surface area (Å²) in [6.07, 6.45) is 1.65. The van der Waals surface area contributed by atoms with Crippen LogP contribution in [0.3, 0.4) is 0 Å². The number of rotatable bonds is 6. The second-order valence-electron chi connectivity index (χ2n) is 7.70. The van der Waals surface area contributed by atoms with Crippen LogP contribution in [-0.2, 0) is 16.1 Å². The fraction of sp³-hybridized carbons (Fsp3) is 0.160. The van der Waals surface area contributed by atoms with Crippen LogP contribution in [0.1, 0.15) is 16.8 Å². The van der Waals surface area contributed by atoms with Gasteiger partial charge in [0, 0.05) is 31.7 Å². The number of nitrogens with zero attached hydrogens (tertiary/aromatic N) is 3. The number of hydrogen-bond donors (Lipinski definition) is 1. The zero-order valence-corrected chi connectivity index (χ0v) is 17.8. The summed E-state index contributed by atoms with van der Waals surface area (Å²) in [5.74, 6) is -0.685. The molecule has 1 aliphatic heterocycles. The number of hydrogen-bond acceptors (Lipinski definition) is 5. The minimum Gasteiger partial charge on any atom is -0.378 e. The normalized spacial score (nSPS) is 13.7. The maximum absolute atomic E-state index is 13.3. The van der Waals surface area contributed by atoms with E-state index in [-0.39, 0.29) is 24.1 Å². The molecule has 4 rings (SSSR count). The number of aromatic nitrogens is 1. The summed E-state index contributed by atoms with van der Waals surface area (Å²) in [6.45, 7) is 2.11. The van der Waals surface area contributed by atoms with Crippen LogP contribution < -0.4 is 10.2 Å². The van der Waals surface area contributed by atoms with Gasteiger partial charge in [-0.25, -0.2) is 0 Å². The predicted molar refractivity (Wildman–Crippen MR) is 122 cm³/mol. The number of pyridine rings is 1. The molecule has 2 aromatic carbocycles. The second kappa shape index (κ2) is 8.44. The molecule has 2 heterocycles. The fourth-order valence-corrected chi connectivity index (χ4v) is 3.46. The van der Waals surface area contributed by atoms with E-state index in [1.165, 1.54) is 4.90 Å². The predicted octanol–water partition coefficient (Wildman–Crippen LogP) is 3.85. The minimum atomic E-state index is -0.358. The first-order valence-corrected chi connectivity index (χ1v) is 10.1. The van der Waals surface area contributed by atoms with Crippen molar-refractivity contribution in [3.05, 3.63) is 95.4 Å². The van der Waals surface area contributed by atoms with Crippen LogP contribution in [0.2, 0.25) is 0 Å². The molecule has 0 unspecified atom stereocenters. The highest BCUT2D eigenvalue weighted by Crippen LogP contribution is 2.31. The standard InChI is InChI=1S/C25H24N4O2/c1-17-7-9-18(10-8-17)22-23(27-19-11-13-21(14-12-19)28(2)3)25(31)29(24(22)30)16-20-6-4-5-15-26-20/h4-15,27H,16H2,1-3H3. The number of imide groups is 1. The van der Waals surface area contributed by atoms with Crippen LogP contribution in [0.5, 0.6) is 0 Å². The molecule has 1 N–H and O–H groups in total. The van der Waals surface area contributed by atoms with Gasteiger partial charge in [0.1, 0.15) is 5.70 Å². The molecule has 31 heavy (non-hydrogen) atoms. The van der Waals surface area contributed by atoms with E-state index in [0.29, 0.717) is 16.8 Å². The van der Waals surface area contributed by atoms with Crippen LogP contribution in [0.25, 0.3) is 5.57 Å². The first-order valence-electron chi connectivity index (χ1n) is 10.1. The highest BCUT2D eigenvalue weighted by atomic mass is 16.2. The third-order valence-corrected chi connectivity index (χ3v) is 5.21. The molecule has 0 atom stereocenters. The summed E-state index contributed by atoms with van der Waals surface area (Å²) in [7, 11) is 3.93. The Labute approximate surface area is 181 Å². The van der Waals surface area contributed by atoms with Gasteiger partial charge in [-0.3, -0.25) is 19.5 Å². The van der Waals surface area contributed by atoms with Gasteiger partial charge in [0.15, 0.2) is 0 Å². The van der Waals surface area contributed by atoms with Gasteiger partial charge in [-0.1, -0.05) is 35.9 Å². The number of carbonyl (C=O) groups excluding carboxylic acids is 2. The van der Waals surface area contributed by atoms with Crippen LogP contribution in [0.4, 0.5) is 11.4 Å². The van der Waals surface area contributed by atoms with E-state index in [1.54, 1.807) is 18.3 Å². The molecule has 6 nitrogen and oxygen atoms in total. The summed E-state index contributed by atoms with van der Waals surface area (Å²) < 4.78 is 0. The van der Waals surface area contributed by atoms with Gasteiger partial charge in [-0.2, -0.15) is 0 Å². The Morgan fingerprint density at radius 2 is 1.61 bits per heavy atom. The molecule has 1 aliphatic rings. The van der Waals surface area contributed by atoms with Crippen molar-refractivity contribution in [2.24, 2.45) is 0 Å². The van der Waals surface area contributed by atoms with Crippen molar-refractivity contribution in [1.29, 1.82) is 0 Å². The summed E-state index contributed by atoms with van der Waals surface area (Å²) >= 11 is 0. The summed E-state index contributed by atoms with van der Waals surface area (Å²) in [5.41, 5.74) is 4.89. The van der Waals surface area contributed by atoms with Crippen molar-refractivity contribution in [1.82, 2.24) is 9.88 Å². The number of anilines is 2. The number of carbonyl (C=O) groups is 2. The Morgan fingerprint density at radius 3 is 2.23 bits per heavy atom. The Bertz CT molecular complexity index is 1130.